The first-order valence-corrected chi connectivity index (χ1v) is 7.66. The molecule has 0 radical (unpaired) electrons. The number of rotatable bonds is 7. The number of non-ortho nitro benzene ring substituents is 1. The largest absolute Gasteiger partial charge is 0.480 e. The number of nitrogens with one attached hydrogen (secondary N) is 1. The van der Waals surface area contributed by atoms with E-state index in [4.69, 9.17) is 0 Å². The fraction of sp³-hybridized carbons (Fsp3) is 0.222. The van der Waals surface area contributed by atoms with Gasteiger partial charge in [-0.05, 0) is 18.1 Å². The highest BCUT2D eigenvalue weighted by Crippen LogP contribution is 2.14. The van der Waals surface area contributed by atoms with Gasteiger partial charge in [0, 0.05) is 18.6 Å². The van der Waals surface area contributed by atoms with Crippen molar-refractivity contribution in [3.8, 4) is 0 Å². The first-order chi connectivity index (χ1) is 11.8. The van der Waals surface area contributed by atoms with Crippen LogP contribution in [-0.2, 0) is 22.4 Å². The van der Waals surface area contributed by atoms with Crippen molar-refractivity contribution in [1.29, 1.82) is 0 Å². The first kappa shape index (κ1) is 18.1. The standard InChI is InChI=1S/C18H18N2O5/c1-12-4-2-5-13(8-12)10-16(18(22)23)19-17(21)11-14-6-3-7-15(9-14)20(24)25/h2-9,16H,10-11H2,1H3,(H,19,21)(H,22,23)/t16-/m1/s1. The lowest BCUT2D eigenvalue weighted by Gasteiger charge is -2.15. The van der Waals surface area contributed by atoms with E-state index in [2.05, 4.69) is 5.32 Å². The SMILES string of the molecule is Cc1cccc(C[C@@H](NC(=O)Cc2cccc([N+](=O)[O-])c2)C(=O)O)c1. The van der Waals surface area contributed by atoms with Gasteiger partial charge in [0.2, 0.25) is 5.91 Å². The van der Waals surface area contributed by atoms with Gasteiger partial charge in [0.25, 0.3) is 5.69 Å². The number of hydrogen-bond donors (Lipinski definition) is 2. The van der Waals surface area contributed by atoms with Crippen LogP contribution in [0.1, 0.15) is 16.7 Å². The first-order valence-electron chi connectivity index (χ1n) is 7.66. The molecule has 1 atom stereocenters. The normalized spacial score (nSPS) is 11.6. The smallest absolute Gasteiger partial charge is 0.326 e. The van der Waals surface area contributed by atoms with Gasteiger partial charge in [0.05, 0.1) is 11.3 Å². The summed E-state index contributed by atoms with van der Waals surface area (Å²) in [4.78, 5) is 33.8. The lowest BCUT2D eigenvalue weighted by Crippen LogP contribution is -2.43. The third-order valence-electron chi connectivity index (χ3n) is 3.64. The molecule has 0 aliphatic heterocycles. The number of nitrogens with zero attached hydrogens (tertiary/aromatic N) is 1. The molecule has 2 N–H and O–H groups in total. The molecule has 2 aromatic carbocycles. The Bertz CT molecular complexity index is 804. The van der Waals surface area contributed by atoms with Gasteiger partial charge in [-0.25, -0.2) is 4.79 Å². The number of carbonyl (C=O) groups is 2. The predicted octanol–water partition coefficient (Wildman–Crippen LogP) is 2.26. The Labute approximate surface area is 144 Å². The van der Waals surface area contributed by atoms with Gasteiger partial charge in [-0.3, -0.25) is 14.9 Å². The Kier molecular flexibility index (Phi) is 5.84. The molecule has 0 saturated carbocycles. The van der Waals surface area contributed by atoms with E-state index in [0.29, 0.717) is 5.56 Å². The Morgan fingerprint density at radius 2 is 1.84 bits per heavy atom. The molecule has 0 fully saturated rings. The maximum atomic E-state index is 12.1. The number of hydrogen-bond acceptors (Lipinski definition) is 4. The second-order valence-electron chi connectivity index (χ2n) is 5.76. The fourth-order valence-corrected chi connectivity index (χ4v) is 2.49. The molecule has 0 aliphatic carbocycles. The second-order valence-corrected chi connectivity index (χ2v) is 5.76. The van der Waals surface area contributed by atoms with Crippen molar-refractivity contribution in [3.63, 3.8) is 0 Å². The van der Waals surface area contributed by atoms with Gasteiger partial charge in [-0.2, -0.15) is 0 Å². The second kappa shape index (κ2) is 8.05. The number of aliphatic carboxylic acids is 1. The van der Waals surface area contributed by atoms with E-state index in [1.165, 1.54) is 18.2 Å². The third-order valence-corrected chi connectivity index (χ3v) is 3.64. The van der Waals surface area contributed by atoms with Crippen molar-refractivity contribution in [1.82, 2.24) is 5.32 Å². The summed E-state index contributed by atoms with van der Waals surface area (Å²) in [5.74, 6) is -1.63. The lowest BCUT2D eigenvalue weighted by atomic mass is 10.0. The average molecular weight is 342 g/mol. The van der Waals surface area contributed by atoms with Crippen LogP contribution < -0.4 is 5.32 Å². The number of nitro benzene ring substituents is 1. The molecule has 25 heavy (non-hydrogen) atoms. The molecule has 0 heterocycles. The van der Waals surface area contributed by atoms with Gasteiger partial charge >= 0.3 is 5.97 Å². The van der Waals surface area contributed by atoms with Crippen LogP contribution in [0.25, 0.3) is 0 Å². The molecule has 2 aromatic rings. The molecule has 2 rings (SSSR count). The summed E-state index contributed by atoms with van der Waals surface area (Å²) in [6.07, 6.45) is 0.0387. The Hall–Kier alpha value is -3.22. The van der Waals surface area contributed by atoms with Crippen LogP contribution in [0.4, 0.5) is 5.69 Å². The number of carboxylic acid groups (broad SMARTS) is 1. The average Bonchev–Trinajstić information content (AvgIpc) is 2.54. The number of carboxylic acids is 1. The van der Waals surface area contributed by atoms with Gasteiger partial charge < -0.3 is 10.4 Å². The topological polar surface area (TPSA) is 110 Å². The zero-order valence-corrected chi connectivity index (χ0v) is 13.6. The summed E-state index contributed by atoms with van der Waals surface area (Å²) in [5, 5.41) is 22.6. The van der Waals surface area contributed by atoms with Gasteiger partial charge in [0.15, 0.2) is 0 Å². The maximum absolute atomic E-state index is 12.1. The lowest BCUT2D eigenvalue weighted by molar-refractivity contribution is -0.384. The summed E-state index contributed by atoms with van der Waals surface area (Å²) in [5.41, 5.74) is 2.15. The zero-order valence-electron chi connectivity index (χ0n) is 13.6. The van der Waals surface area contributed by atoms with E-state index >= 15 is 0 Å². The van der Waals surface area contributed by atoms with Crippen LogP contribution in [-0.4, -0.2) is 27.9 Å². The summed E-state index contributed by atoms with van der Waals surface area (Å²) in [7, 11) is 0. The van der Waals surface area contributed by atoms with Gasteiger partial charge in [-0.15, -0.1) is 0 Å². The minimum Gasteiger partial charge on any atom is -0.480 e. The minimum atomic E-state index is -1.13. The van der Waals surface area contributed by atoms with Crippen molar-refractivity contribution in [3.05, 3.63) is 75.3 Å². The molecule has 130 valence electrons. The van der Waals surface area contributed by atoms with Gasteiger partial charge in [0.1, 0.15) is 6.04 Å². The molecule has 0 spiro atoms. The van der Waals surface area contributed by atoms with E-state index in [1.54, 1.807) is 12.1 Å². The highest BCUT2D eigenvalue weighted by Gasteiger charge is 2.21. The molecule has 0 unspecified atom stereocenters. The molecule has 0 bridgehead atoms. The van der Waals surface area contributed by atoms with Crippen LogP contribution in [0.5, 0.6) is 0 Å². The summed E-state index contributed by atoms with van der Waals surface area (Å²) in [6.45, 7) is 1.90. The van der Waals surface area contributed by atoms with E-state index in [1.807, 2.05) is 25.1 Å². The minimum absolute atomic E-state index is 0.111. The molecule has 0 saturated heterocycles. The van der Waals surface area contributed by atoms with Crippen molar-refractivity contribution >= 4 is 17.6 Å². The zero-order chi connectivity index (χ0) is 18.4. The maximum Gasteiger partial charge on any atom is 0.326 e. The molecule has 7 heteroatoms. The van der Waals surface area contributed by atoms with E-state index in [9.17, 15) is 24.8 Å². The van der Waals surface area contributed by atoms with Crippen molar-refractivity contribution in [2.24, 2.45) is 0 Å². The molecule has 1 amide bonds. The van der Waals surface area contributed by atoms with Crippen LogP contribution >= 0.6 is 0 Å². The molecular formula is C18H18N2O5. The number of carbonyl (C=O) groups excluding carboxylic acids is 1. The van der Waals surface area contributed by atoms with Crippen molar-refractivity contribution in [2.45, 2.75) is 25.8 Å². The Morgan fingerprint density at radius 1 is 1.16 bits per heavy atom. The number of nitro groups is 1. The van der Waals surface area contributed by atoms with E-state index < -0.39 is 22.8 Å². The van der Waals surface area contributed by atoms with Crippen LogP contribution in [0, 0.1) is 17.0 Å². The monoisotopic (exact) mass is 342 g/mol. The van der Waals surface area contributed by atoms with Crippen molar-refractivity contribution < 1.29 is 19.6 Å². The summed E-state index contributed by atoms with van der Waals surface area (Å²) >= 11 is 0. The highest BCUT2D eigenvalue weighted by molar-refractivity contribution is 5.85. The van der Waals surface area contributed by atoms with Crippen molar-refractivity contribution in [2.75, 3.05) is 0 Å². The highest BCUT2D eigenvalue weighted by atomic mass is 16.6. The quantitative estimate of drug-likeness (QED) is 0.592. The van der Waals surface area contributed by atoms with E-state index in [0.717, 1.165) is 11.1 Å². The Balaban J connectivity index is 2.04. The molecule has 0 aliphatic rings. The number of benzene rings is 2. The van der Waals surface area contributed by atoms with E-state index in [-0.39, 0.29) is 18.5 Å². The van der Waals surface area contributed by atoms with Gasteiger partial charge in [-0.1, -0.05) is 42.0 Å². The molecular weight excluding hydrogens is 324 g/mol. The number of aryl methyl sites for hydroxylation is 1. The molecule has 0 aromatic heterocycles. The van der Waals surface area contributed by atoms with Crippen LogP contribution in [0.3, 0.4) is 0 Å². The fourth-order valence-electron chi connectivity index (χ4n) is 2.49. The molecule has 7 nitrogen and oxygen atoms in total. The summed E-state index contributed by atoms with van der Waals surface area (Å²) in [6, 6.07) is 12.0. The predicted molar refractivity (Wildman–Crippen MR) is 91.2 cm³/mol. The third kappa shape index (κ3) is 5.42. The van der Waals surface area contributed by atoms with Crippen LogP contribution in [0.2, 0.25) is 0 Å². The van der Waals surface area contributed by atoms with Crippen LogP contribution in [0.15, 0.2) is 48.5 Å². The number of amides is 1. The summed E-state index contributed by atoms with van der Waals surface area (Å²) < 4.78 is 0. The Morgan fingerprint density at radius 3 is 2.48 bits per heavy atom.